The van der Waals surface area contributed by atoms with Crippen LogP contribution in [-0.4, -0.2) is 35.3 Å². The van der Waals surface area contributed by atoms with Gasteiger partial charge in [0.1, 0.15) is 11.3 Å². The van der Waals surface area contributed by atoms with E-state index in [9.17, 15) is 14.0 Å². The molecule has 3 aromatic rings. The van der Waals surface area contributed by atoms with Gasteiger partial charge in [0.25, 0.3) is 0 Å². The third-order valence-corrected chi connectivity index (χ3v) is 5.22. The van der Waals surface area contributed by atoms with Crippen LogP contribution in [0.4, 0.5) is 10.1 Å². The van der Waals surface area contributed by atoms with Gasteiger partial charge in [-0.25, -0.2) is 9.37 Å². The maximum atomic E-state index is 13.5. The Morgan fingerprint density at radius 1 is 1.33 bits per heavy atom. The lowest BCUT2D eigenvalue weighted by atomic mass is 10.1. The van der Waals surface area contributed by atoms with Crippen LogP contribution in [0.3, 0.4) is 0 Å². The Morgan fingerprint density at radius 3 is 2.89 bits per heavy atom. The van der Waals surface area contributed by atoms with Crippen LogP contribution in [-0.2, 0) is 9.59 Å². The van der Waals surface area contributed by atoms with Crippen molar-refractivity contribution in [1.82, 2.24) is 9.88 Å². The topological polar surface area (TPSA) is 75.4 Å². The number of oxazole rings is 1. The molecule has 1 aliphatic rings. The molecule has 1 aliphatic heterocycles. The van der Waals surface area contributed by atoms with Crippen molar-refractivity contribution in [1.29, 1.82) is 0 Å². The van der Waals surface area contributed by atoms with E-state index in [0.29, 0.717) is 33.4 Å². The maximum Gasteiger partial charge on any atom is 0.229 e. The molecule has 0 radical (unpaired) electrons. The van der Waals surface area contributed by atoms with Crippen LogP contribution in [0.15, 0.2) is 45.3 Å². The Balaban J connectivity index is 1.59. The number of carbonyl (C=O) groups is 2. The molecule has 2 aromatic carbocycles. The van der Waals surface area contributed by atoms with Gasteiger partial charge < -0.3 is 14.6 Å². The molecule has 1 atom stereocenters. The van der Waals surface area contributed by atoms with E-state index < -0.39 is 0 Å². The van der Waals surface area contributed by atoms with Crippen molar-refractivity contribution in [2.24, 2.45) is 5.92 Å². The number of fused-ring (bicyclic) bond motifs is 1. The molecule has 0 saturated carbocycles. The van der Waals surface area contributed by atoms with Crippen molar-refractivity contribution >= 4 is 44.5 Å². The molecule has 1 saturated heterocycles. The van der Waals surface area contributed by atoms with E-state index in [-0.39, 0.29) is 35.9 Å². The highest BCUT2D eigenvalue weighted by atomic mass is 79.9. The normalized spacial score (nSPS) is 16.9. The number of nitrogens with zero attached hydrogens (tertiary/aromatic N) is 2. The predicted molar refractivity (Wildman–Crippen MR) is 101 cm³/mol. The summed E-state index contributed by atoms with van der Waals surface area (Å²) in [5.41, 5.74) is 2.13. The summed E-state index contributed by atoms with van der Waals surface area (Å²) in [6, 6.07) is 9.36. The Hall–Kier alpha value is -2.74. The molecule has 2 amide bonds. The van der Waals surface area contributed by atoms with Crippen LogP contribution >= 0.6 is 15.9 Å². The van der Waals surface area contributed by atoms with E-state index in [1.54, 1.807) is 36.2 Å². The molecule has 1 fully saturated rings. The fraction of sp³-hybridized carbons (Fsp3) is 0.211. The fourth-order valence-corrected chi connectivity index (χ4v) is 3.48. The van der Waals surface area contributed by atoms with E-state index >= 15 is 0 Å². The van der Waals surface area contributed by atoms with Crippen LogP contribution in [0.1, 0.15) is 6.42 Å². The lowest BCUT2D eigenvalue weighted by Crippen LogP contribution is -2.25. The molecule has 2 heterocycles. The number of nitrogens with one attached hydrogen (secondary N) is 1. The van der Waals surface area contributed by atoms with E-state index in [0.717, 1.165) is 0 Å². The molecule has 4 rings (SSSR count). The summed E-state index contributed by atoms with van der Waals surface area (Å²) < 4.78 is 19.9. The van der Waals surface area contributed by atoms with Crippen molar-refractivity contribution in [3.8, 4) is 11.5 Å². The third-order valence-electron chi connectivity index (χ3n) is 4.53. The van der Waals surface area contributed by atoms with Crippen molar-refractivity contribution in [3.05, 3.63) is 46.7 Å². The second kappa shape index (κ2) is 6.77. The number of rotatable bonds is 3. The van der Waals surface area contributed by atoms with Gasteiger partial charge in [-0.3, -0.25) is 9.59 Å². The van der Waals surface area contributed by atoms with Gasteiger partial charge in [0.2, 0.25) is 17.7 Å². The Morgan fingerprint density at radius 2 is 2.15 bits per heavy atom. The minimum atomic E-state index is -0.389. The highest BCUT2D eigenvalue weighted by Gasteiger charge is 2.32. The fourth-order valence-electron chi connectivity index (χ4n) is 3.07. The third kappa shape index (κ3) is 3.44. The van der Waals surface area contributed by atoms with Gasteiger partial charge in [0.05, 0.1) is 11.5 Å². The lowest BCUT2D eigenvalue weighted by molar-refractivity contribution is -0.127. The summed E-state index contributed by atoms with van der Waals surface area (Å²) in [6.07, 6.45) is 0.215. The predicted octanol–water partition coefficient (Wildman–Crippen LogP) is 3.81. The van der Waals surface area contributed by atoms with E-state index in [4.69, 9.17) is 4.42 Å². The van der Waals surface area contributed by atoms with Gasteiger partial charge >= 0.3 is 0 Å². The number of hydrogen-bond acceptors (Lipinski definition) is 4. The molecule has 0 unspecified atom stereocenters. The van der Waals surface area contributed by atoms with Gasteiger partial charge in [-0.2, -0.15) is 0 Å². The zero-order valence-corrected chi connectivity index (χ0v) is 15.9. The van der Waals surface area contributed by atoms with Crippen molar-refractivity contribution in [2.45, 2.75) is 6.42 Å². The summed E-state index contributed by atoms with van der Waals surface area (Å²) in [4.78, 5) is 29.9. The summed E-state index contributed by atoms with van der Waals surface area (Å²) in [7, 11) is 1.68. The molecular weight excluding hydrogens is 417 g/mol. The zero-order valence-electron chi connectivity index (χ0n) is 14.3. The first-order valence-corrected chi connectivity index (χ1v) is 9.11. The van der Waals surface area contributed by atoms with Gasteiger partial charge in [0, 0.05) is 30.2 Å². The number of likely N-dealkylation sites (tertiary alicyclic amines) is 1. The first-order valence-electron chi connectivity index (χ1n) is 8.31. The lowest BCUT2D eigenvalue weighted by Gasteiger charge is -2.10. The number of amides is 2. The second-order valence-electron chi connectivity index (χ2n) is 6.49. The molecule has 0 bridgehead atoms. The smallest absolute Gasteiger partial charge is 0.229 e. The first-order chi connectivity index (χ1) is 12.9. The number of aromatic nitrogens is 1. The SMILES string of the molecule is CN1C[C@@H](C(=O)Nc2ccc3oc(-c4cc(F)ccc4Br)nc3c2)CC1=O. The largest absolute Gasteiger partial charge is 0.436 e. The van der Waals surface area contributed by atoms with E-state index in [2.05, 4.69) is 26.2 Å². The zero-order chi connectivity index (χ0) is 19.1. The molecule has 0 aliphatic carbocycles. The van der Waals surface area contributed by atoms with E-state index in [1.165, 1.54) is 12.1 Å². The van der Waals surface area contributed by atoms with Gasteiger partial charge in [0.15, 0.2) is 5.58 Å². The van der Waals surface area contributed by atoms with Gasteiger partial charge in [-0.15, -0.1) is 0 Å². The average molecular weight is 432 g/mol. The average Bonchev–Trinajstić information content (AvgIpc) is 3.20. The number of hydrogen-bond donors (Lipinski definition) is 1. The van der Waals surface area contributed by atoms with Crippen LogP contribution in [0.25, 0.3) is 22.6 Å². The number of benzene rings is 2. The van der Waals surface area contributed by atoms with Crippen molar-refractivity contribution in [2.75, 3.05) is 18.9 Å². The van der Waals surface area contributed by atoms with Crippen molar-refractivity contribution in [3.63, 3.8) is 0 Å². The number of anilines is 1. The summed E-state index contributed by atoms with van der Waals surface area (Å²) >= 11 is 3.36. The van der Waals surface area contributed by atoms with Gasteiger partial charge in [-0.05, 0) is 52.3 Å². The van der Waals surface area contributed by atoms with Crippen molar-refractivity contribution < 1.29 is 18.4 Å². The summed E-state index contributed by atoms with van der Waals surface area (Å²) in [5, 5.41) is 2.82. The van der Waals surface area contributed by atoms with Crippen LogP contribution in [0.2, 0.25) is 0 Å². The molecule has 0 spiro atoms. The standard InChI is InChI=1S/C19H15BrFN3O3/c1-24-9-10(6-17(24)25)18(26)22-12-3-5-16-15(8-12)23-19(27-16)13-7-11(21)2-4-14(13)20/h2-5,7-8,10H,6,9H2,1H3,(H,22,26)/t10-/m0/s1. The Bertz CT molecular complexity index is 1070. The maximum absolute atomic E-state index is 13.5. The molecule has 1 aromatic heterocycles. The van der Waals surface area contributed by atoms with Crippen LogP contribution in [0.5, 0.6) is 0 Å². The Labute approximate surface area is 162 Å². The van der Waals surface area contributed by atoms with Crippen LogP contribution in [0, 0.1) is 11.7 Å². The minimum absolute atomic E-state index is 0.0348. The number of halogens is 2. The highest BCUT2D eigenvalue weighted by Crippen LogP contribution is 2.32. The molecule has 27 heavy (non-hydrogen) atoms. The monoisotopic (exact) mass is 431 g/mol. The number of carbonyl (C=O) groups excluding carboxylic acids is 2. The molecule has 8 heteroatoms. The molecule has 6 nitrogen and oxygen atoms in total. The summed E-state index contributed by atoms with van der Waals surface area (Å²) in [6.45, 7) is 0.411. The molecule has 138 valence electrons. The molecular formula is C19H15BrFN3O3. The van der Waals surface area contributed by atoms with E-state index in [1.807, 2.05) is 0 Å². The second-order valence-corrected chi connectivity index (χ2v) is 7.34. The Kier molecular flexibility index (Phi) is 4.43. The summed E-state index contributed by atoms with van der Waals surface area (Å²) in [5.74, 6) is -0.715. The highest BCUT2D eigenvalue weighted by molar-refractivity contribution is 9.10. The van der Waals surface area contributed by atoms with Crippen LogP contribution < -0.4 is 5.32 Å². The molecule has 1 N–H and O–H groups in total. The quantitative estimate of drug-likeness (QED) is 0.683. The first kappa shape index (κ1) is 17.7. The minimum Gasteiger partial charge on any atom is -0.436 e. The van der Waals surface area contributed by atoms with Gasteiger partial charge in [-0.1, -0.05) is 0 Å².